The number of fused-ring (bicyclic) bond motifs is 4. The quantitative estimate of drug-likeness (QED) is 0.244. The van der Waals surface area contributed by atoms with Gasteiger partial charge in [0.2, 0.25) is 0 Å². The molecule has 4 heteroatoms. The normalized spacial score (nSPS) is 11.3. The van der Waals surface area contributed by atoms with Gasteiger partial charge < -0.3 is 9.47 Å². The molecule has 158 valence electrons. The molecular formula is C28H22O4. The summed E-state index contributed by atoms with van der Waals surface area (Å²) in [6.07, 6.45) is 0. The largest absolute Gasteiger partial charge is 0.462 e. The summed E-state index contributed by atoms with van der Waals surface area (Å²) in [6, 6.07) is 25.1. The Morgan fingerprint density at radius 1 is 0.656 bits per heavy atom. The highest BCUT2D eigenvalue weighted by Gasteiger charge is 2.16. The van der Waals surface area contributed by atoms with Crippen LogP contribution in [0.4, 0.5) is 0 Å². The lowest BCUT2D eigenvalue weighted by atomic mass is 9.95. The van der Waals surface area contributed by atoms with E-state index in [-0.39, 0.29) is 13.2 Å². The van der Waals surface area contributed by atoms with Crippen LogP contribution in [0.2, 0.25) is 0 Å². The van der Waals surface area contributed by atoms with Gasteiger partial charge in [0.15, 0.2) is 0 Å². The van der Waals surface area contributed by atoms with E-state index < -0.39 is 11.9 Å². The minimum absolute atomic E-state index is 0.0289. The van der Waals surface area contributed by atoms with E-state index in [1.807, 2.05) is 18.2 Å². The summed E-state index contributed by atoms with van der Waals surface area (Å²) in [4.78, 5) is 23.9. The van der Waals surface area contributed by atoms with E-state index in [0.29, 0.717) is 11.1 Å². The summed E-state index contributed by atoms with van der Waals surface area (Å²) in [5.74, 6) is -0.807. The van der Waals surface area contributed by atoms with E-state index in [9.17, 15) is 9.59 Å². The molecule has 0 aliphatic rings. The number of hydrogen-bond acceptors (Lipinski definition) is 4. The van der Waals surface area contributed by atoms with Crippen LogP contribution < -0.4 is 0 Å². The molecule has 5 aromatic carbocycles. The molecule has 5 rings (SSSR count). The van der Waals surface area contributed by atoms with Gasteiger partial charge in [0.05, 0.1) is 12.2 Å². The zero-order valence-corrected chi connectivity index (χ0v) is 18.0. The van der Waals surface area contributed by atoms with Crippen LogP contribution in [0.25, 0.3) is 43.1 Å². The first-order valence-corrected chi connectivity index (χ1v) is 10.7. The van der Waals surface area contributed by atoms with Gasteiger partial charge >= 0.3 is 11.9 Å². The molecule has 0 spiro atoms. The molecule has 32 heavy (non-hydrogen) atoms. The Morgan fingerprint density at radius 2 is 1.12 bits per heavy atom. The SMILES string of the molecule is CCOC(=O)c1cc2cc3cc4cc5ccccc5cc4cc3cc2cc1COC(C)=O. The Morgan fingerprint density at radius 3 is 1.62 bits per heavy atom. The number of esters is 2. The summed E-state index contributed by atoms with van der Waals surface area (Å²) in [7, 11) is 0. The predicted molar refractivity (Wildman–Crippen MR) is 128 cm³/mol. The number of carbonyl (C=O) groups excluding carboxylic acids is 2. The molecule has 0 unspecified atom stereocenters. The minimum atomic E-state index is -0.415. The van der Waals surface area contributed by atoms with Gasteiger partial charge in [0, 0.05) is 12.5 Å². The van der Waals surface area contributed by atoms with Gasteiger partial charge in [-0.25, -0.2) is 4.79 Å². The molecule has 0 saturated heterocycles. The average Bonchev–Trinajstić information content (AvgIpc) is 2.78. The number of rotatable bonds is 4. The van der Waals surface area contributed by atoms with E-state index in [0.717, 1.165) is 21.5 Å². The van der Waals surface area contributed by atoms with Crippen molar-refractivity contribution in [1.82, 2.24) is 0 Å². The molecule has 0 saturated carbocycles. The van der Waals surface area contributed by atoms with Crippen molar-refractivity contribution in [2.75, 3.05) is 6.61 Å². The predicted octanol–water partition coefficient (Wildman–Crippen LogP) is 6.54. The molecule has 0 aromatic heterocycles. The Kier molecular flexibility index (Phi) is 4.98. The van der Waals surface area contributed by atoms with Gasteiger partial charge in [-0.3, -0.25) is 4.79 Å². The molecule has 0 heterocycles. The van der Waals surface area contributed by atoms with Crippen molar-refractivity contribution in [2.24, 2.45) is 0 Å². The fourth-order valence-corrected chi connectivity index (χ4v) is 4.24. The van der Waals surface area contributed by atoms with Crippen LogP contribution in [-0.4, -0.2) is 18.5 Å². The first-order valence-electron chi connectivity index (χ1n) is 10.7. The van der Waals surface area contributed by atoms with Crippen molar-refractivity contribution >= 4 is 55.0 Å². The second-order valence-electron chi connectivity index (χ2n) is 7.96. The van der Waals surface area contributed by atoms with Gasteiger partial charge in [-0.2, -0.15) is 0 Å². The first-order chi connectivity index (χ1) is 15.5. The van der Waals surface area contributed by atoms with Crippen molar-refractivity contribution in [3.05, 3.63) is 83.9 Å². The highest BCUT2D eigenvalue weighted by atomic mass is 16.5. The third kappa shape index (κ3) is 3.65. The first kappa shape index (κ1) is 20.0. The van der Waals surface area contributed by atoms with Gasteiger partial charge in [-0.1, -0.05) is 24.3 Å². The summed E-state index contributed by atoms with van der Waals surface area (Å²) < 4.78 is 10.4. The Balaban J connectivity index is 1.71. The minimum Gasteiger partial charge on any atom is -0.462 e. The van der Waals surface area contributed by atoms with Gasteiger partial charge in [-0.05, 0) is 98.5 Å². The maximum Gasteiger partial charge on any atom is 0.338 e. The lowest BCUT2D eigenvalue weighted by molar-refractivity contribution is -0.142. The lowest BCUT2D eigenvalue weighted by Crippen LogP contribution is -2.10. The standard InChI is InChI=1S/C28H22O4/c1-3-31-28(30)27-15-25-13-23-11-21-9-19-7-5-4-6-18(19)8-20(21)10-22(23)12-24(25)14-26(27)16-32-17(2)29/h4-15H,3,16H2,1-2H3. The molecule has 0 bridgehead atoms. The fraction of sp³-hybridized carbons (Fsp3) is 0.143. The van der Waals surface area contributed by atoms with E-state index in [1.165, 1.54) is 28.5 Å². The van der Waals surface area contributed by atoms with Gasteiger partial charge in [0.1, 0.15) is 6.61 Å². The summed E-state index contributed by atoms with van der Waals surface area (Å²) >= 11 is 0. The molecule has 5 aromatic rings. The number of carbonyl (C=O) groups is 2. The molecule has 4 nitrogen and oxygen atoms in total. The van der Waals surface area contributed by atoms with E-state index >= 15 is 0 Å². The molecular weight excluding hydrogens is 400 g/mol. The fourth-order valence-electron chi connectivity index (χ4n) is 4.24. The highest BCUT2D eigenvalue weighted by molar-refractivity contribution is 6.09. The monoisotopic (exact) mass is 422 g/mol. The second-order valence-corrected chi connectivity index (χ2v) is 7.96. The van der Waals surface area contributed by atoms with E-state index in [2.05, 4.69) is 54.6 Å². The van der Waals surface area contributed by atoms with Gasteiger partial charge in [0.25, 0.3) is 0 Å². The topological polar surface area (TPSA) is 52.6 Å². The van der Waals surface area contributed by atoms with Gasteiger partial charge in [-0.15, -0.1) is 0 Å². The van der Waals surface area contributed by atoms with Crippen molar-refractivity contribution in [1.29, 1.82) is 0 Å². The molecule has 0 aliphatic heterocycles. The smallest absolute Gasteiger partial charge is 0.338 e. The second kappa shape index (κ2) is 7.97. The molecule has 0 radical (unpaired) electrons. The zero-order valence-electron chi connectivity index (χ0n) is 18.0. The number of ether oxygens (including phenoxy) is 2. The average molecular weight is 422 g/mol. The lowest BCUT2D eigenvalue weighted by Gasteiger charge is -2.12. The van der Waals surface area contributed by atoms with E-state index in [1.54, 1.807) is 6.92 Å². The van der Waals surface area contributed by atoms with Crippen LogP contribution in [0.15, 0.2) is 72.8 Å². The van der Waals surface area contributed by atoms with Crippen LogP contribution in [0.5, 0.6) is 0 Å². The third-order valence-corrected chi connectivity index (χ3v) is 5.76. The molecule has 0 N–H and O–H groups in total. The van der Waals surface area contributed by atoms with Crippen LogP contribution in [0.1, 0.15) is 29.8 Å². The molecule has 0 aliphatic carbocycles. The molecule has 0 fully saturated rings. The van der Waals surface area contributed by atoms with Crippen molar-refractivity contribution in [2.45, 2.75) is 20.5 Å². The van der Waals surface area contributed by atoms with Crippen LogP contribution in [0, 0.1) is 0 Å². The maximum atomic E-state index is 12.6. The van der Waals surface area contributed by atoms with E-state index in [4.69, 9.17) is 9.47 Å². The summed E-state index contributed by atoms with van der Waals surface area (Å²) in [5, 5.41) is 8.90. The zero-order chi connectivity index (χ0) is 22.2. The Hall–Kier alpha value is -3.92. The maximum absolute atomic E-state index is 12.6. The number of hydrogen-bond donors (Lipinski definition) is 0. The van der Waals surface area contributed by atoms with Crippen LogP contribution in [-0.2, 0) is 20.9 Å². The molecule has 0 amide bonds. The van der Waals surface area contributed by atoms with Crippen LogP contribution >= 0.6 is 0 Å². The highest BCUT2D eigenvalue weighted by Crippen LogP contribution is 2.31. The Bertz CT molecular complexity index is 1530. The Labute approximate surface area is 185 Å². The summed E-state index contributed by atoms with van der Waals surface area (Å²) in [5.41, 5.74) is 1.06. The van der Waals surface area contributed by atoms with Crippen LogP contribution in [0.3, 0.4) is 0 Å². The van der Waals surface area contributed by atoms with Crippen molar-refractivity contribution < 1.29 is 19.1 Å². The third-order valence-electron chi connectivity index (χ3n) is 5.76. The van der Waals surface area contributed by atoms with Crippen molar-refractivity contribution in [3.63, 3.8) is 0 Å². The van der Waals surface area contributed by atoms with Crippen molar-refractivity contribution in [3.8, 4) is 0 Å². The molecule has 0 atom stereocenters. The number of benzene rings is 5. The summed E-state index contributed by atoms with van der Waals surface area (Å²) in [6.45, 7) is 3.43.